The summed E-state index contributed by atoms with van der Waals surface area (Å²) in [6, 6.07) is 1.89. The van der Waals surface area contributed by atoms with E-state index < -0.39 is 12.5 Å². The molecule has 0 bridgehead atoms. The van der Waals surface area contributed by atoms with Crippen molar-refractivity contribution >= 4 is 17.4 Å². The number of amides is 1. The minimum atomic E-state index is -2.76. The summed E-state index contributed by atoms with van der Waals surface area (Å²) in [6.07, 6.45) is 6.31. The Bertz CT molecular complexity index is 912. The summed E-state index contributed by atoms with van der Waals surface area (Å²) in [6.45, 7) is 4.61. The molecule has 0 aliphatic carbocycles. The molecule has 2 fully saturated rings. The maximum Gasteiger partial charge on any atom is 0.266 e. The summed E-state index contributed by atoms with van der Waals surface area (Å²) >= 11 is 0. The van der Waals surface area contributed by atoms with Crippen LogP contribution in [0.25, 0.3) is 0 Å². The first-order valence-corrected chi connectivity index (χ1v) is 10.3. The van der Waals surface area contributed by atoms with Crippen molar-refractivity contribution in [1.82, 2.24) is 20.3 Å². The fourth-order valence-electron chi connectivity index (χ4n) is 3.93. The van der Waals surface area contributed by atoms with Gasteiger partial charge in [-0.05, 0) is 31.0 Å². The van der Waals surface area contributed by atoms with Gasteiger partial charge in [-0.1, -0.05) is 13.8 Å². The van der Waals surface area contributed by atoms with E-state index in [1.165, 1.54) is 12.4 Å². The predicted octanol–water partition coefficient (Wildman–Crippen LogP) is 3.52. The lowest BCUT2D eigenvalue weighted by atomic mass is 10.0. The highest BCUT2D eigenvalue weighted by Gasteiger charge is 2.40. The average Bonchev–Trinajstić information content (AvgIpc) is 3.37. The van der Waals surface area contributed by atoms with Crippen LogP contribution in [0.4, 0.5) is 20.3 Å². The van der Waals surface area contributed by atoms with Crippen LogP contribution >= 0.6 is 0 Å². The third-order valence-corrected chi connectivity index (χ3v) is 5.56. The van der Waals surface area contributed by atoms with Crippen molar-refractivity contribution in [1.29, 1.82) is 0 Å². The molecule has 2 aromatic heterocycles. The number of halogens is 2. The van der Waals surface area contributed by atoms with Crippen LogP contribution < -0.4 is 15.5 Å². The van der Waals surface area contributed by atoms with Crippen molar-refractivity contribution in [3.63, 3.8) is 0 Å². The zero-order valence-electron chi connectivity index (χ0n) is 17.2. The number of nitrogens with one attached hydrogen (secondary N) is 2. The lowest BCUT2D eigenvalue weighted by Crippen LogP contribution is -2.28. The fraction of sp³-hybridized carbons (Fsp3) is 0.524. The van der Waals surface area contributed by atoms with Crippen LogP contribution in [0.5, 0.6) is 0 Å². The highest BCUT2D eigenvalue weighted by molar-refractivity contribution is 6.06. The quantitative estimate of drug-likeness (QED) is 0.776. The standard InChI is InChI=1S/C21H26F2N6O/c1-13(2)18-26-10-14(11-27-18)20(30)28-17-15(16-4-3-7-24-16)5-8-25-19(17)29-9-6-21(22,23)12-29/h5,8,10-11,13,16,24H,3-4,6-7,9,12H2,1-2H3,(H,28,30). The van der Waals surface area contributed by atoms with Gasteiger partial charge in [-0.25, -0.2) is 23.7 Å². The van der Waals surface area contributed by atoms with Crippen LogP contribution in [0.1, 0.15) is 66.8 Å². The minimum absolute atomic E-state index is 0.0460. The molecule has 0 aromatic carbocycles. The molecule has 7 nitrogen and oxygen atoms in total. The number of hydrogen-bond acceptors (Lipinski definition) is 6. The molecule has 160 valence electrons. The number of pyridine rings is 1. The normalized spacial score (nSPS) is 20.7. The number of aromatic nitrogens is 3. The molecule has 2 aliphatic heterocycles. The number of rotatable bonds is 5. The number of anilines is 2. The van der Waals surface area contributed by atoms with E-state index in [9.17, 15) is 13.6 Å². The van der Waals surface area contributed by atoms with Gasteiger partial charge < -0.3 is 15.5 Å². The first kappa shape index (κ1) is 20.6. The molecule has 0 radical (unpaired) electrons. The van der Waals surface area contributed by atoms with Crippen molar-refractivity contribution in [3.8, 4) is 0 Å². The fourth-order valence-corrected chi connectivity index (χ4v) is 3.93. The smallest absolute Gasteiger partial charge is 0.266 e. The largest absolute Gasteiger partial charge is 0.349 e. The van der Waals surface area contributed by atoms with Crippen LogP contribution in [0.15, 0.2) is 24.7 Å². The molecule has 2 aliphatic rings. The Morgan fingerprint density at radius 2 is 2.07 bits per heavy atom. The van der Waals surface area contributed by atoms with Gasteiger partial charge in [-0.15, -0.1) is 0 Å². The molecular formula is C21H26F2N6O. The molecule has 0 spiro atoms. The molecule has 4 rings (SSSR count). The third kappa shape index (κ3) is 4.26. The molecule has 4 heterocycles. The van der Waals surface area contributed by atoms with Gasteiger partial charge in [-0.3, -0.25) is 4.79 Å². The van der Waals surface area contributed by atoms with Crippen molar-refractivity contribution in [2.45, 2.75) is 51.0 Å². The second-order valence-corrected chi connectivity index (χ2v) is 8.21. The number of carbonyl (C=O) groups excluding carboxylic acids is 1. The topological polar surface area (TPSA) is 83.0 Å². The van der Waals surface area contributed by atoms with E-state index in [1.54, 1.807) is 11.1 Å². The SMILES string of the molecule is CC(C)c1ncc(C(=O)Nc2c(C3CCCN3)ccnc2N2CCC(F)(F)C2)cn1. The maximum absolute atomic E-state index is 13.9. The van der Waals surface area contributed by atoms with E-state index >= 15 is 0 Å². The van der Waals surface area contributed by atoms with E-state index in [0.717, 1.165) is 24.9 Å². The van der Waals surface area contributed by atoms with Crippen molar-refractivity contribution in [2.24, 2.45) is 0 Å². The van der Waals surface area contributed by atoms with E-state index in [2.05, 4.69) is 25.6 Å². The first-order chi connectivity index (χ1) is 14.3. The van der Waals surface area contributed by atoms with Gasteiger partial charge in [0.25, 0.3) is 11.8 Å². The summed E-state index contributed by atoms with van der Waals surface area (Å²) in [5.41, 5.74) is 1.65. The molecular weight excluding hydrogens is 390 g/mol. The van der Waals surface area contributed by atoms with Crippen LogP contribution in [-0.2, 0) is 0 Å². The van der Waals surface area contributed by atoms with Gasteiger partial charge in [0.05, 0.1) is 17.8 Å². The molecule has 30 heavy (non-hydrogen) atoms. The van der Waals surface area contributed by atoms with Crippen LogP contribution in [0.2, 0.25) is 0 Å². The minimum Gasteiger partial charge on any atom is -0.349 e. The molecule has 1 amide bonds. The maximum atomic E-state index is 13.9. The summed E-state index contributed by atoms with van der Waals surface area (Å²) in [5, 5.41) is 6.33. The average molecular weight is 416 g/mol. The number of nitrogens with zero attached hydrogens (tertiary/aromatic N) is 4. The van der Waals surface area contributed by atoms with E-state index in [-0.39, 0.29) is 30.8 Å². The van der Waals surface area contributed by atoms with Gasteiger partial charge >= 0.3 is 0 Å². The Hall–Kier alpha value is -2.68. The van der Waals surface area contributed by atoms with Crippen molar-refractivity contribution < 1.29 is 13.6 Å². The number of alkyl halides is 2. The Labute approximate surface area is 174 Å². The summed E-state index contributed by atoms with van der Waals surface area (Å²) in [5.74, 6) is -1.95. The molecule has 1 atom stereocenters. The lowest BCUT2D eigenvalue weighted by molar-refractivity contribution is 0.0257. The summed E-state index contributed by atoms with van der Waals surface area (Å²) < 4.78 is 27.7. The number of hydrogen-bond donors (Lipinski definition) is 2. The van der Waals surface area contributed by atoms with Gasteiger partial charge in [0.2, 0.25) is 0 Å². The first-order valence-electron chi connectivity index (χ1n) is 10.3. The Morgan fingerprint density at radius 1 is 1.30 bits per heavy atom. The summed E-state index contributed by atoms with van der Waals surface area (Å²) in [7, 11) is 0. The molecule has 2 saturated heterocycles. The van der Waals surface area contributed by atoms with Crippen LogP contribution in [0, 0.1) is 0 Å². The van der Waals surface area contributed by atoms with E-state index in [1.807, 2.05) is 19.9 Å². The van der Waals surface area contributed by atoms with Crippen molar-refractivity contribution in [2.75, 3.05) is 29.9 Å². The Kier molecular flexibility index (Phi) is 5.64. The molecule has 0 saturated carbocycles. The van der Waals surface area contributed by atoms with Crippen LogP contribution in [0.3, 0.4) is 0 Å². The third-order valence-electron chi connectivity index (χ3n) is 5.56. The highest BCUT2D eigenvalue weighted by atomic mass is 19.3. The second-order valence-electron chi connectivity index (χ2n) is 8.21. The van der Waals surface area contributed by atoms with Crippen LogP contribution in [-0.4, -0.2) is 46.4 Å². The lowest BCUT2D eigenvalue weighted by Gasteiger charge is -2.24. The Morgan fingerprint density at radius 3 is 2.67 bits per heavy atom. The highest BCUT2D eigenvalue weighted by Crippen LogP contribution is 2.38. The monoisotopic (exact) mass is 416 g/mol. The molecule has 2 aromatic rings. The summed E-state index contributed by atoms with van der Waals surface area (Å²) in [4.78, 5) is 27.4. The van der Waals surface area contributed by atoms with Gasteiger partial charge in [0.1, 0.15) is 5.82 Å². The number of carbonyl (C=O) groups is 1. The molecule has 9 heteroatoms. The van der Waals surface area contributed by atoms with Gasteiger partial charge in [0.15, 0.2) is 5.82 Å². The predicted molar refractivity (Wildman–Crippen MR) is 110 cm³/mol. The van der Waals surface area contributed by atoms with Crippen molar-refractivity contribution in [3.05, 3.63) is 41.6 Å². The zero-order valence-corrected chi connectivity index (χ0v) is 17.2. The van der Waals surface area contributed by atoms with E-state index in [0.29, 0.717) is 22.9 Å². The van der Waals surface area contributed by atoms with Gasteiger partial charge in [0, 0.05) is 43.5 Å². The zero-order chi connectivity index (χ0) is 21.3. The Balaban J connectivity index is 1.66. The van der Waals surface area contributed by atoms with E-state index in [4.69, 9.17) is 0 Å². The molecule has 2 N–H and O–H groups in total. The molecule has 1 unspecified atom stereocenters. The van der Waals surface area contributed by atoms with Gasteiger partial charge in [-0.2, -0.15) is 0 Å². The second kappa shape index (κ2) is 8.22.